The van der Waals surface area contributed by atoms with Gasteiger partial charge in [-0.1, -0.05) is 13.3 Å². The molecule has 0 saturated heterocycles. The zero-order chi connectivity index (χ0) is 14.2. The maximum absolute atomic E-state index is 11.4. The van der Waals surface area contributed by atoms with Crippen LogP contribution in [0.4, 0.5) is 0 Å². The number of rotatable bonds is 5. The molecule has 1 aliphatic rings. The van der Waals surface area contributed by atoms with E-state index in [1.807, 2.05) is 19.1 Å². The van der Waals surface area contributed by atoms with Crippen LogP contribution in [0.5, 0.6) is 0 Å². The van der Waals surface area contributed by atoms with E-state index >= 15 is 0 Å². The Morgan fingerprint density at radius 2 is 2.30 bits per heavy atom. The van der Waals surface area contributed by atoms with Crippen LogP contribution in [0.2, 0.25) is 0 Å². The fraction of sp³-hybridized carbons (Fsp3) is 0.538. The molecule has 20 heavy (non-hydrogen) atoms. The van der Waals surface area contributed by atoms with E-state index in [-0.39, 0.29) is 6.54 Å². The molecular formula is C13H16N4O3. The van der Waals surface area contributed by atoms with Gasteiger partial charge in [0, 0.05) is 6.42 Å². The monoisotopic (exact) mass is 276 g/mol. The molecule has 0 atom stereocenters. The lowest BCUT2D eigenvalue weighted by molar-refractivity contribution is -0.156. The smallest absolute Gasteiger partial charge is 0.311 e. The highest BCUT2D eigenvalue weighted by Gasteiger charge is 2.45. The third-order valence-electron chi connectivity index (χ3n) is 3.98. The van der Waals surface area contributed by atoms with Crippen LogP contribution in [0.25, 0.3) is 11.6 Å². The quantitative estimate of drug-likeness (QED) is 0.894. The number of hydrogen-bond donors (Lipinski definition) is 1. The highest BCUT2D eigenvalue weighted by Crippen LogP contribution is 2.43. The Morgan fingerprint density at radius 1 is 1.50 bits per heavy atom. The van der Waals surface area contributed by atoms with E-state index < -0.39 is 11.4 Å². The van der Waals surface area contributed by atoms with Crippen molar-refractivity contribution in [3.63, 3.8) is 0 Å². The second-order valence-corrected chi connectivity index (χ2v) is 5.22. The molecule has 0 amide bonds. The number of aliphatic carboxylic acids is 1. The SMILES string of the molecule is CCc1ccc(-c2nnnn2CC2(C(=O)O)CCC2)o1. The molecule has 106 valence electrons. The summed E-state index contributed by atoms with van der Waals surface area (Å²) in [7, 11) is 0. The molecule has 0 radical (unpaired) electrons. The predicted molar refractivity (Wildman–Crippen MR) is 68.8 cm³/mol. The number of aryl methyl sites for hydroxylation is 1. The molecule has 0 unspecified atom stereocenters. The third kappa shape index (κ3) is 1.99. The van der Waals surface area contributed by atoms with E-state index in [4.69, 9.17) is 4.42 Å². The Balaban J connectivity index is 1.88. The Morgan fingerprint density at radius 3 is 2.85 bits per heavy atom. The van der Waals surface area contributed by atoms with Crippen molar-refractivity contribution < 1.29 is 14.3 Å². The first-order chi connectivity index (χ1) is 9.64. The minimum Gasteiger partial charge on any atom is -0.481 e. The summed E-state index contributed by atoms with van der Waals surface area (Å²) in [5.74, 6) is 1.13. The lowest BCUT2D eigenvalue weighted by atomic mass is 9.69. The van der Waals surface area contributed by atoms with Gasteiger partial charge in [0.05, 0.1) is 12.0 Å². The summed E-state index contributed by atoms with van der Waals surface area (Å²) in [6.45, 7) is 2.28. The van der Waals surface area contributed by atoms with Crippen molar-refractivity contribution in [3.8, 4) is 11.6 Å². The van der Waals surface area contributed by atoms with E-state index in [1.165, 1.54) is 4.68 Å². The molecule has 2 aromatic heterocycles. The van der Waals surface area contributed by atoms with Crippen molar-refractivity contribution in [2.45, 2.75) is 39.2 Å². The maximum atomic E-state index is 11.4. The van der Waals surface area contributed by atoms with Gasteiger partial charge >= 0.3 is 5.97 Å². The van der Waals surface area contributed by atoms with Crippen LogP contribution in [0.3, 0.4) is 0 Å². The molecular weight excluding hydrogens is 260 g/mol. The van der Waals surface area contributed by atoms with Gasteiger partial charge in [-0.15, -0.1) is 5.10 Å². The number of carboxylic acids is 1. The van der Waals surface area contributed by atoms with Crippen LogP contribution in [-0.2, 0) is 17.8 Å². The van der Waals surface area contributed by atoms with Crippen molar-refractivity contribution in [2.24, 2.45) is 5.41 Å². The normalized spacial score (nSPS) is 16.9. The molecule has 0 aromatic carbocycles. The van der Waals surface area contributed by atoms with Crippen LogP contribution in [-0.4, -0.2) is 31.3 Å². The van der Waals surface area contributed by atoms with Crippen LogP contribution >= 0.6 is 0 Å². The summed E-state index contributed by atoms with van der Waals surface area (Å²) in [6.07, 6.45) is 3.06. The fourth-order valence-electron chi connectivity index (χ4n) is 2.51. The highest BCUT2D eigenvalue weighted by atomic mass is 16.4. The molecule has 1 N–H and O–H groups in total. The van der Waals surface area contributed by atoms with E-state index in [0.29, 0.717) is 24.4 Å². The number of carboxylic acid groups (broad SMARTS) is 1. The van der Waals surface area contributed by atoms with Gasteiger partial charge in [-0.2, -0.15) is 0 Å². The van der Waals surface area contributed by atoms with Gasteiger partial charge in [0.15, 0.2) is 5.76 Å². The average molecular weight is 276 g/mol. The lowest BCUT2D eigenvalue weighted by Crippen LogP contribution is -2.42. The molecule has 7 heteroatoms. The summed E-state index contributed by atoms with van der Waals surface area (Å²) in [5, 5.41) is 20.9. The topological polar surface area (TPSA) is 94.0 Å². The average Bonchev–Trinajstić information content (AvgIpc) is 3.01. The first-order valence-electron chi connectivity index (χ1n) is 6.73. The van der Waals surface area contributed by atoms with Crippen molar-refractivity contribution in [1.82, 2.24) is 20.2 Å². The van der Waals surface area contributed by atoms with Crippen LogP contribution < -0.4 is 0 Å². The number of tetrazole rings is 1. The summed E-state index contributed by atoms with van der Waals surface area (Å²) >= 11 is 0. The first kappa shape index (κ1) is 12.8. The number of carbonyl (C=O) groups is 1. The molecule has 1 saturated carbocycles. The van der Waals surface area contributed by atoms with Gasteiger partial charge in [0.1, 0.15) is 5.76 Å². The Labute approximate surface area is 115 Å². The molecule has 7 nitrogen and oxygen atoms in total. The number of aromatic nitrogens is 4. The minimum absolute atomic E-state index is 0.285. The van der Waals surface area contributed by atoms with Crippen LogP contribution in [0, 0.1) is 5.41 Å². The number of nitrogens with zero attached hydrogens (tertiary/aromatic N) is 4. The van der Waals surface area contributed by atoms with Gasteiger partial charge in [-0.3, -0.25) is 4.79 Å². The molecule has 1 fully saturated rings. The maximum Gasteiger partial charge on any atom is 0.311 e. The second-order valence-electron chi connectivity index (χ2n) is 5.22. The molecule has 0 spiro atoms. The lowest BCUT2D eigenvalue weighted by Gasteiger charge is -2.37. The Hall–Kier alpha value is -2.18. The summed E-state index contributed by atoms with van der Waals surface area (Å²) in [6, 6.07) is 3.69. The van der Waals surface area contributed by atoms with Gasteiger partial charge < -0.3 is 9.52 Å². The second kappa shape index (κ2) is 4.73. The molecule has 2 heterocycles. The number of hydrogen-bond acceptors (Lipinski definition) is 5. The molecule has 0 bridgehead atoms. The van der Waals surface area contributed by atoms with E-state index in [2.05, 4.69) is 15.5 Å². The molecule has 1 aliphatic carbocycles. The fourth-order valence-corrected chi connectivity index (χ4v) is 2.51. The van der Waals surface area contributed by atoms with Crippen LogP contribution in [0.1, 0.15) is 31.9 Å². The Kier molecular flexibility index (Phi) is 3.04. The molecule has 3 rings (SSSR count). The Bertz CT molecular complexity index is 627. The standard InChI is InChI=1S/C13H16N4O3/c1-2-9-4-5-10(20-9)11-14-15-16-17(11)8-13(12(18)19)6-3-7-13/h4-5H,2-3,6-8H2,1H3,(H,18,19). The zero-order valence-electron chi connectivity index (χ0n) is 11.2. The summed E-state index contributed by atoms with van der Waals surface area (Å²) in [5.41, 5.74) is -0.732. The molecule has 0 aliphatic heterocycles. The summed E-state index contributed by atoms with van der Waals surface area (Å²) in [4.78, 5) is 11.4. The van der Waals surface area contributed by atoms with Crippen molar-refractivity contribution in [1.29, 1.82) is 0 Å². The van der Waals surface area contributed by atoms with Crippen molar-refractivity contribution in [2.75, 3.05) is 0 Å². The predicted octanol–water partition coefficient (Wildman–Crippen LogP) is 1.75. The van der Waals surface area contributed by atoms with Crippen molar-refractivity contribution in [3.05, 3.63) is 17.9 Å². The van der Waals surface area contributed by atoms with Crippen LogP contribution in [0.15, 0.2) is 16.5 Å². The van der Waals surface area contributed by atoms with E-state index in [1.54, 1.807) is 0 Å². The highest BCUT2D eigenvalue weighted by molar-refractivity contribution is 5.75. The van der Waals surface area contributed by atoms with Gasteiger partial charge in [-0.25, -0.2) is 4.68 Å². The largest absolute Gasteiger partial charge is 0.481 e. The van der Waals surface area contributed by atoms with Crippen molar-refractivity contribution >= 4 is 5.97 Å². The van der Waals surface area contributed by atoms with Gasteiger partial charge in [-0.05, 0) is 35.4 Å². The first-order valence-corrected chi connectivity index (χ1v) is 6.73. The molecule has 2 aromatic rings. The minimum atomic E-state index is -0.779. The number of furan rings is 1. The van der Waals surface area contributed by atoms with Gasteiger partial charge in [0.2, 0.25) is 5.82 Å². The van der Waals surface area contributed by atoms with E-state index in [9.17, 15) is 9.90 Å². The summed E-state index contributed by atoms with van der Waals surface area (Å²) < 4.78 is 7.17. The van der Waals surface area contributed by atoms with E-state index in [0.717, 1.165) is 18.6 Å². The zero-order valence-corrected chi connectivity index (χ0v) is 11.2. The third-order valence-corrected chi connectivity index (χ3v) is 3.98. The van der Waals surface area contributed by atoms with Gasteiger partial charge in [0.25, 0.3) is 0 Å².